The van der Waals surface area contributed by atoms with Crippen molar-refractivity contribution in [2.45, 2.75) is 17.4 Å². The zero-order valence-corrected chi connectivity index (χ0v) is 11.5. The number of carboxylic acid groups (broad SMARTS) is 1. The zero-order chi connectivity index (χ0) is 13.8. The number of nitrogens with zero attached hydrogens (tertiary/aromatic N) is 1. The van der Waals surface area contributed by atoms with Crippen LogP contribution in [-0.4, -0.2) is 42.2 Å². The summed E-state index contributed by atoms with van der Waals surface area (Å²) in [6.07, 6.45) is 2.29. The number of halogens is 1. The molecule has 0 fully saturated rings. The number of sulfonamides is 1. The fourth-order valence-corrected chi connectivity index (χ4v) is 2.88. The molecule has 0 aromatic carbocycles. The van der Waals surface area contributed by atoms with Crippen LogP contribution in [0.15, 0.2) is 27.8 Å². The number of hydrogen-bond acceptors (Lipinski definition) is 5. The molecule has 0 bridgehead atoms. The van der Waals surface area contributed by atoms with Crippen molar-refractivity contribution in [3.8, 4) is 0 Å². The first-order valence-electron chi connectivity index (χ1n) is 4.83. The highest BCUT2D eigenvalue weighted by molar-refractivity contribution is 9.10. The van der Waals surface area contributed by atoms with Gasteiger partial charge in [0.2, 0.25) is 10.0 Å². The summed E-state index contributed by atoms with van der Waals surface area (Å²) < 4.78 is 26.2. The number of pyridine rings is 1. The van der Waals surface area contributed by atoms with Crippen LogP contribution in [-0.2, 0) is 14.8 Å². The van der Waals surface area contributed by atoms with E-state index in [0.717, 1.165) is 6.20 Å². The third-order valence-electron chi connectivity index (χ3n) is 2.00. The Bertz CT molecular complexity index is 534. The molecule has 0 aliphatic heterocycles. The highest BCUT2D eigenvalue weighted by Gasteiger charge is 2.25. The van der Waals surface area contributed by atoms with Crippen molar-refractivity contribution in [3.63, 3.8) is 0 Å². The summed E-state index contributed by atoms with van der Waals surface area (Å²) >= 11 is 3.07. The van der Waals surface area contributed by atoms with E-state index in [1.165, 1.54) is 12.3 Å². The number of carbonyl (C=O) groups is 1. The minimum Gasteiger partial charge on any atom is -0.480 e. The second-order valence-corrected chi connectivity index (χ2v) is 5.99. The Morgan fingerprint density at radius 3 is 2.67 bits per heavy atom. The van der Waals surface area contributed by atoms with E-state index in [2.05, 4.69) is 20.9 Å². The predicted molar refractivity (Wildman–Crippen MR) is 65.4 cm³/mol. The van der Waals surface area contributed by atoms with E-state index in [9.17, 15) is 13.2 Å². The molecule has 1 aromatic rings. The summed E-state index contributed by atoms with van der Waals surface area (Å²) in [6, 6.07) is -0.0771. The Balaban J connectivity index is 2.97. The van der Waals surface area contributed by atoms with Gasteiger partial charge in [-0.1, -0.05) is 0 Å². The molecule has 100 valence electrons. The van der Waals surface area contributed by atoms with E-state index < -0.39 is 28.6 Å². The first-order valence-corrected chi connectivity index (χ1v) is 7.11. The molecular formula is C9H11BrN2O5S. The predicted octanol–water partition coefficient (Wildman–Crippen LogP) is -0.0420. The molecule has 0 aliphatic carbocycles. The molecule has 1 atom stereocenters. The Morgan fingerprint density at radius 2 is 2.17 bits per heavy atom. The molecule has 0 saturated heterocycles. The van der Waals surface area contributed by atoms with E-state index in [1.807, 2.05) is 4.72 Å². The van der Waals surface area contributed by atoms with Crippen LogP contribution in [0.25, 0.3) is 0 Å². The van der Waals surface area contributed by atoms with Crippen molar-refractivity contribution < 1.29 is 23.4 Å². The molecule has 7 nitrogen and oxygen atoms in total. The largest absolute Gasteiger partial charge is 0.480 e. The van der Waals surface area contributed by atoms with E-state index in [4.69, 9.17) is 10.2 Å². The second-order valence-electron chi connectivity index (χ2n) is 3.36. The summed E-state index contributed by atoms with van der Waals surface area (Å²) in [5, 5.41) is 17.5. The Hall–Kier alpha value is -1.03. The average Bonchev–Trinajstić information content (AvgIpc) is 2.28. The smallest absolute Gasteiger partial charge is 0.321 e. The quantitative estimate of drug-likeness (QED) is 0.670. The van der Waals surface area contributed by atoms with Crippen LogP contribution in [0.1, 0.15) is 6.42 Å². The minimum atomic E-state index is -3.98. The molecule has 9 heteroatoms. The molecule has 0 spiro atoms. The minimum absolute atomic E-state index is 0.152. The van der Waals surface area contributed by atoms with Gasteiger partial charge in [-0.05, 0) is 28.4 Å². The fraction of sp³-hybridized carbons (Fsp3) is 0.333. The van der Waals surface area contributed by atoms with Crippen LogP contribution in [0.4, 0.5) is 0 Å². The summed E-state index contributed by atoms with van der Waals surface area (Å²) in [5.41, 5.74) is 0. The first kappa shape index (κ1) is 15.0. The van der Waals surface area contributed by atoms with Crippen LogP contribution in [0, 0.1) is 0 Å². The Morgan fingerprint density at radius 1 is 1.50 bits per heavy atom. The van der Waals surface area contributed by atoms with Crippen LogP contribution < -0.4 is 4.72 Å². The summed E-state index contributed by atoms with van der Waals surface area (Å²) in [5.74, 6) is -1.35. The topological polar surface area (TPSA) is 117 Å². The van der Waals surface area contributed by atoms with E-state index in [-0.39, 0.29) is 11.3 Å². The van der Waals surface area contributed by atoms with Crippen LogP contribution in [0.2, 0.25) is 0 Å². The third-order valence-corrected chi connectivity index (χ3v) is 3.88. The monoisotopic (exact) mass is 338 g/mol. The van der Waals surface area contributed by atoms with Crippen molar-refractivity contribution in [2.75, 3.05) is 6.61 Å². The lowest BCUT2D eigenvalue weighted by Gasteiger charge is -2.13. The van der Waals surface area contributed by atoms with Crippen molar-refractivity contribution in [2.24, 2.45) is 0 Å². The molecule has 1 aromatic heterocycles. The van der Waals surface area contributed by atoms with E-state index in [1.54, 1.807) is 0 Å². The third kappa shape index (κ3) is 4.02. The van der Waals surface area contributed by atoms with Crippen LogP contribution in [0.3, 0.4) is 0 Å². The molecule has 0 aliphatic rings. The number of aliphatic hydroxyl groups excluding tert-OH is 1. The van der Waals surface area contributed by atoms with E-state index >= 15 is 0 Å². The van der Waals surface area contributed by atoms with Gasteiger partial charge in [0.1, 0.15) is 10.9 Å². The number of aromatic nitrogens is 1. The van der Waals surface area contributed by atoms with Crippen molar-refractivity contribution in [3.05, 3.63) is 22.9 Å². The van der Waals surface area contributed by atoms with Gasteiger partial charge >= 0.3 is 5.97 Å². The first-order chi connectivity index (χ1) is 8.36. The van der Waals surface area contributed by atoms with Gasteiger partial charge in [0, 0.05) is 23.5 Å². The van der Waals surface area contributed by atoms with Gasteiger partial charge in [-0.15, -0.1) is 0 Å². The van der Waals surface area contributed by atoms with Crippen molar-refractivity contribution in [1.82, 2.24) is 9.71 Å². The number of aliphatic carboxylic acids is 1. The number of carboxylic acids is 1. The zero-order valence-electron chi connectivity index (χ0n) is 9.08. The maximum absolute atomic E-state index is 11.9. The number of nitrogens with one attached hydrogen (secondary N) is 1. The lowest BCUT2D eigenvalue weighted by atomic mass is 10.2. The maximum atomic E-state index is 11.9. The van der Waals surface area contributed by atoms with Crippen molar-refractivity contribution >= 4 is 31.9 Å². The van der Waals surface area contributed by atoms with Crippen LogP contribution >= 0.6 is 15.9 Å². The number of hydrogen-bond donors (Lipinski definition) is 3. The molecule has 0 radical (unpaired) electrons. The second kappa shape index (κ2) is 6.23. The molecule has 0 saturated carbocycles. The standard InChI is InChI=1S/C9H11BrN2O5S/c10-6-3-7(5-11-4-6)18(16,17)12-8(1-2-13)9(14)15/h3-5,8,12-13H,1-2H2,(H,14,15)/t8-/m1/s1. The SMILES string of the molecule is O=C(O)[C@@H](CCO)NS(=O)(=O)c1cncc(Br)c1. The molecule has 0 amide bonds. The normalized spacial score (nSPS) is 13.2. The summed E-state index contributed by atoms with van der Waals surface area (Å²) in [4.78, 5) is 14.3. The Kier molecular flexibility index (Phi) is 5.20. The van der Waals surface area contributed by atoms with Gasteiger partial charge in [0.25, 0.3) is 0 Å². The van der Waals surface area contributed by atoms with Gasteiger partial charge in [-0.2, -0.15) is 4.72 Å². The Labute approximate surface area is 112 Å². The van der Waals surface area contributed by atoms with E-state index in [0.29, 0.717) is 4.47 Å². The number of rotatable bonds is 6. The van der Waals surface area contributed by atoms with Gasteiger partial charge < -0.3 is 10.2 Å². The van der Waals surface area contributed by atoms with Crippen molar-refractivity contribution in [1.29, 1.82) is 0 Å². The van der Waals surface area contributed by atoms with Gasteiger partial charge in [-0.3, -0.25) is 9.78 Å². The molecular weight excluding hydrogens is 328 g/mol. The number of aliphatic hydroxyl groups is 1. The highest BCUT2D eigenvalue weighted by atomic mass is 79.9. The van der Waals surface area contributed by atoms with Gasteiger partial charge in [0.15, 0.2) is 0 Å². The molecule has 18 heavy (non-hydrogen) atoms. The molecule has 1 rings (SSSR count). The molecule has 3 N–H and O–H groups in total. The lowest BCUT2D eigenvalue weighted by molar-refractivity contribution is -0.139. The van der Waals surface area contributed by atoms with Gasteiger partial charge in [-0.25, -0.2) is 8.42 Å². The summed E-state index contributed by atoms with van der Waals surface area (Å²) in [6.45, 7) is -0.434. The highest BCUT2D eigenvalue weighted by Crippen LogP contribution is 2.14. The lowest BCUT2D eigenvalue weighted by Crippen LogP contribution is -2.41. The van der Waals surface area contributed by atoms with Gasteiger partial charge in [0.05, 0.1) is 0 Å². The fourth-order valence-electron chi connectivity index (χ4n) is 1.16. The molecule has 1 heterocycles. The average molecular weight is 339 g/mol. The van der Waals surface area contributed by atoms with Crippen LogP contribution in [0.5, 0.6) is 0 Å². The maximum Gasteiger partial charge on any atom is 0.321 e. The molecule has 0 unspecified atom stereocenters. The summed E-state index contributed by atoms with van der Waals surface area (Å²) in [7, 11) is -3.98.